The standard InChI is InChI=1S/C22H15Cl5N2O2/c1-29-8-10(22(30)31-21-19(26)17(24)16(23)18(25)20(21)27)5-12-11-3-2-4-13-15(11)9(7-28-13)6-14(12)29/h2-5,7,10,14,28H,6,8H2,1H3/t10-,14-/m1/s1. The molecule has 0 unspecified atom stereocenters. The molecule has 2 atom stereocenters. The largest absolute Gasteiger partial charge is 0.423 e. The van der Waals surface area contributed by atoms with Gasteiger partial charge in [-0.2, -0.15) is 0 Å². The Kier molecular flexibility index (Phi) is 5.45. The van der Waals surface area contributed by atoms with Gasteiger partial charge in [-0.05, 0) is 36.2 Å². The fraction of sp³-hybridized carbons (Fsp3) is 0.227. The van der Waals surface area contributed by atoms with Crippen LogP contribution in [0.3, 0.4) is 0 Å². The third kappa shape index (κ3) is 3.36. The van der Waals surface area contributed by atoms with Crippen molar-refractivity contribution in [3.63, 3.8) is 0 Å². The van der Waals surface area contributed by atoms with Crippen LogP contribution in [0.25, 0.3) is 16.5 Å². The molecule has 4 nitrogen and oxygen atoms in total. The van der Waals surface area contributed by atoms with E-state index in [1.54, 1.807) is 0 Å². The van der Waals surface area contributed by atoms with Crippen molar-refractivity contribution in [2.75, 3.05) is 13.6 Å². The van der Waals surface area contributed by atoms with Gasteiger partial charge in [-0.15, -0.1) is 0 Å². The molecule has 2 aromatic carbocycles. The third-order valence-corrected chi connectivity index (χ3v) is 8.19. The lowest BCUT2D eigenvalue weighted by Gasteiger charge is -2.39. The van der Waals surface area contributed by atoms with Gasteiger partial charge >= 0.3 is 5.97 Å². The molecule has 0 spiro atoms. The molecule has 0 saturated carbocycles. The average Bonchev–Trinajstić information content (AvgIpc) is 3.18. The maximum atomic E-state index is 13.1. The summed E-state index contributed by atoms with van der Waals surface area (Å²) in [6.45, 7) is 0.493. The number of benzene rings is 2. The summed E-state index contributed by atoms with van der Waals surface area (Å²) >= 11 is 30.7. The Morgan fingerprint density at radius 1 is 1.06 bits per heavy atom. The predicted octanol–water partition coefficient (Wildman–Crippen LogP) is 6.91. The van der Waals surface area contributed by atoms with E-state index in [1.807, 2.05) is 19.2 Å². The Balaban J connectivity index is 1.53. The van der Waals surface area contributed by atoms with E-state index in [0.29, 0.717) is 6.54 Å². The van der Waals surface area contributed by atoms with Crippen LogP contribution >= 0.6 is 58.0 Å². The first-order valence-electron chi connectivity index (χ1n) is 9.52. The molecule has 160 valence electrons. The highest BCUT2D eigenvalue weighted by Gasteiger charge is 2.37. The van der Waals surface area contributed by atoms with Gasteiger partial charge in [-0.25, -0.2) is 0 Å². The van der Waals surface area contributed by atoms with Crippen LogP contribution in [0.2, 0.25) is 25.1 Å². The Morgan fingerprint density at radius 3 is 2.45 bits per heavy atom. The van der Waals surface area contributed by atoms with Crippen molar-refractivity contribution in [2.24, 2.45) is 5.92 Å². The van der Waals surface area contributed by atoms with E-state index < -0.39 is 11.9 Å². The van der Waals surface area contributed by atoms with Crippen LogP contribution < -0.4 is 4.74 Å². The molecule has 1 N–H and O–H groups in total. The third-order valence-electron chi connectivity index (χ3n) is 5.94. The number of likely N-dealkylation sites (N-methyl/N-ethyl adjacent to an activating group) is 1. The number of aromatic nitrogens is 1. The SMILES string of the molecule is CN1C[C@H](C(=O)Oc2c(Cl)c(Cl)c(Cl)c(Cl)c2Cl)C=C2c3cccc4[nH]cc(c34)C[C@H]21. The molecule has 31 heavy (non-hydrogen) atoms. The van der Waals surface area contributed by atoms with Crippen LogP contribution in [0.1, 0.15) is 11.1 Å². The Morgan fingerprint density at radius 2 is 1.74 bits per heavy atom. The quantitative estimate of drug-likeness (QED) is 0.174. The fourth-order valence-electron chi connectivity index (χ4n) is 4.45. The van der Waals surface area contributed by atoms with Gasteiger partial charge in [0.05, 0.1) is 21.0 Å². The zero-order chi connectivity index (χ0) is 22.0. The van der Waals surface area contributed by atoms with Crippen LogP contribution in [0.4, 0.5) is 0 Å². The van der Waals surface area contributed by atoms with Crippen molar-refractivity contribution < 1.29 is 9.53 Å². The van der Waals surface area contributed by atoms with Gasteiger partial charge in [0.25, 0.3) is 0 Å². The normalized spacial score (nSPS) is 20.5. The number of H-pyrrole nitrogens is 1. The number of carbonyl (C=O) groups is 1. The summed E-state index contributed by atoms with van der Waals surface area (Å²) in [5, 5.41) is 1.08. The number of nitrogens with zero attached hydrogens (tertiary/aromatic N) is 1. The molecule has 5 rings (SSSR count). The molecule has 2 heterocycles. The number of halogens is 5. The Bertz CT molecular complexity index is 1250. The van der Waals surface area contributed by atoms with Gasteiger partial charge in [0, 0.05) is 29.7 Å². The summed E-state index contributed by atoms with van der Waals surface area (Å²) in [6.07, 6.45) is 4.93. The summed E-state index contributed by atoms with van der Waals surface area (Å²) in [4.78, 5) is 18.6. The van der Waals surface area contributed by atoms with Crippen LogP contribution in [-0.2, 0) is 11.2 Å². The van der Waals surface area contributed by atoms with E-state index in [0.717, 1.165) is 23.1 Å². The highest BCUT2D eigenvalue weighted by molar-refractivity contribution is 6.55. The highest BCUT2D eigenvalue weighted by Crippen LogP contribution is 2.48. The van der Waals surface area contributed by atoms with Crippen molar-refractivity contribution in [2.45, 2.75) is 12.5 Å². The number of aromatic amines is 1. The molecular formula is C22H15Cl5N2O2. The second-order valence-corrected chi connectivity index (χ2v) is 9.64. The van der Waals surface area contributed by atoms with E-state index in [4.69, 9.17) is 62.7 Å². The minimum absolute atomic E-state index is 0.0121. The second kappa shape index (κ2) is 7.87. The minimum Gasteiger partial charge on any atom is -0.423 e. The van der Waals surface area contributed by atoms with Crippen LogP contribution in [0.5, 0.6) is 5.75 Å². The minimum atomic E-state index is -0.521. The number of rotatable bonds is 2. The number of hydrogen-bond donors (Lipinski definition) is 1. The predicted molar refractivity (Wildman–Crippen MR) is 127 cm³/mol. The molecule has 0 bridgehead atoms. The lowest BCUT2D eigenvalue weighted by Crippen LogP contribution is -2.45. The smallest absolute Gasteiger partial charge is 0.319 e. The lowest BCUT2D eigenvalue weighted by molar-refractivity contribution is -0.138. The lowest BCUT2D eigenvalue weighted by atomic mass is 9.80. The Hall–Kier alpha value is -1.40. The molecule has 0 fully saturated rings. The van der Waals surface area contributed by atoms with Gasteiger partial charge in [0.15, 0.2) is 5.75 Å². The molecular weight excluding hydrogens is 502 g/mol. The zero-order valence-electron chi connectivity index (χ0n) is 16.1. The van der Waals surface area contributed by atoms with Gasteiger partial charge < -0.3 is 9.72 Å². The number of hydrogen-bond acceptors (Lipinski definition) is 3. The molecule has 1 aliphatic carbocycles. The summed E-state index contributed by atoms with van der Waals surface area (Å²) in [7, 11) is 2.01. The molecule has 3 aromatic rings. The first kappa shape index (κ1) is 21.4. The number of esters is 1. The molecule has 0 radical (unpaired) electrons. The van der Waals surface area contributed by atoms with E-state index in [9.17, 15) is 4.79 Å². The maximum Gasteiger partial charge on any atom is 0.319 e. The highest BCUT2D eigenvalue weighted by atomic mass is 35.5. The molecule has 1 aromatic heterocycles. The molecule has 9 heteroatoms. The van der Waals surface area contributed by atoms with Crippen molar-refractivity contribution in [3.8, 4) is 5.75 Å². The van der Waals surface area contributed by atoms with Crippen LogP contribution in [0, 0.1) is 5.92 Å². The first-order valence-corrected chi connectivity index (χ1v) is 11.4. The van der Waals surface area contributed by atoms with Gasteiger partial charge in [-0.1, -0.05) is 76.2 Å². The van der Waals surface area contributed by atoms with E-state index in [1.165, 1.54) is 10.9 Å². The van der Waals surface area contributed by atoms with Crippen molar-refractivity contribution in [3.05, 3.63) is 66.7 Å². The monoisotopic (exact) mass is 514 g/mol. The summed E-state index contributed by atoms with van der Waals surface area (Å²) < 4.78 is 5.58. The van der Waals surface area contributed by atoms with Crippen LogP contribution in [-0.4, -0.2) is 35.5 Å². The van der Waals surface area contributed by atoms with Crippen molar-refractivity contribution in [1.82, 2.24) is 9.88 Å². The molecule has 2 aliphatic rings. The van der Waals surface area contributed by atoms with E-state index in [-0.39, 0.29) is 36.9 Å². The zero-order valence-corrected chi connectivity index (χ0v) is 19.9. The number of carbonyl (C=O) groups excluding carboxylic acids is 1. The maximum absolute atomic E-state index is 13.1. The van der Waals surface area contributed by atoms with Gasteiger partial charge in [0.1, 0.15) is 10.0 Å². The van der Waals surface area contributed by atoms with Crippen molar-refractivity contribution >= 4 is 80.5 Å². The first-order chi connectivity index (χ1) is 14.8. The second-order valence-electron chi connectivity index (χ2n) is 7.75. The number of nitrogens with one attached hydrogen (secondary N) is 1. The molecule has 1 aliphatic heterocycles. The summed E-state index contributed by atoms with van der Waals surface area (Å²) in [6, 6.07) is 6.34. The van der Waals surface area contributed by atoms with Gasteiger partial charge in [0.2, 0.25) is 0 Å². The van der Waals surface area contributed by atoms with Gasteiger partial charge in [-0.3, -0.25) is 9.69 Å². The average molecular weight is 517 g/mol. The van der Waals surface area contributed by atoms with E-state index in [2.05, 4.69) is 28.2 Å². The van der Waals surface area contributed by atoms with Crippen LogP contribution in [0.15, 0.2) is 30.5 Å². The van der Waals surface area contributed by atoms with Crippen molar-refractivity contribution in [1.29, 1.82) is 0 Å². The number of fused-ring (bicyclic) bond motifs is 2. The number of ether oxygens (including phenoxy) is 1. The molecule has 0 amide bonds. The molecule has 0 saturated heterocycles. The fourth-order valence-corrected chi connectivity index (χ4v) is 5.65. The summed E-state index contributed by atoms with van der Waals surface area (Å²) in [5.74, 6) is -1.11. The topological polar surface area (TPSA) is 45.3 Å². The van der Waals surface area contributed by atoms with E-state index >= 15 is 0 Å². The Labute approximate surface area is 203 Å². The summed E-state index contributed by atoms with van der Waals surface area (Å²) in [5.41, 5.74) is 4.61.